The first-order valence-electron chi connectivity index (χ1n) is 4.12. The predicted molar refractivity (Wildman–Crippen MR) is 54.3 cm³/mol. The van der Waals surface area contributed by atoms with Crippen LogP contribution in [-0.4, -0.2) is 31.5 Å². The van der Waals surface area contributed by atoms with Crippen LogP contribution in [0.5, 0.6) is 0 Å². The van der Waals surface area contributed by atoms with Crippen LogP contribution in [0.4, 0.5) is 5.69 Å². The van der Waals surface area contributed by atoms with Gasteiger partial charge in [-0.15, -0.1) is 0 Å². The minimum atomic E-state index is -4.33. The van der Waals surface area contributed by atoms with Crippen LogP contribution in [0.2, 0.25) is 0 Å². The quantitative estimate of drug-likeness (QED) is 0.478. The zero-order chi connectivity index (χ0) is 13.2. The summed E-state index contributed by atoms with van der Waals surface area (Å²) in [7, 11) is -3.51. The fourth-order valence-corrected chi connectivity index (χ4v) is 1.94. The second-order valence-corrected chi connectivity index (χ2v) is 4.55. The molecule has 9 heteroatoms. The van der Waals surface area contributed by atoms with Crippen molar-refractivity contribution in [3.63, 3.8) is 0 Å². The zero-order valence-corrected chi connectivity index (χ0v) is 9.30. The molecule has 0 aliphatic rings. The van der Waals surface area contributed by atoms with Gasteiger partial charge in [0.2, 0.25) is 0 Å². The highest BCUT2D eigenvalue weighted by Gasteiger charge is 2.27. The van der Waals surface area contributed by atoms with E-state index in [0.29, 0.717) is 6.07 Å². The third-order valence-corrected chi connectivity index (χ3v) is 3.20. The van der Waals surface area contributed by atoms with Crippen molar-refractivity contribution in [2.24, 2.45) is 0 Å². The number of nitro groups is 1. The lowest BCUT2D eigenvalue weighted by atomic mass is 10.2. The molecule has 0 amide bonds. The van der Waals surface area contributed by atoms with Gasteiger partial charge in [0, 0.05) is 6.07 Å². The summed E-state index contributed by atoms with van der Waals surface area (Å²) >= 11 is 0. The van der Waals surface area contributed by atoms with E-state index in [9.17, 15) is 23.3 Å². The van der Waals surface area contributed by atoms with E-state index in [4.69, 9.17) is 5.11 Å². The van der Waals surface area contributed by atoms with Gasteiger partial charge in [0.15, 0.2) is 4.90 Å². The predicted octanol–water partition coefficient (Wildman–Crippen LogP) is 0.628. The van der Waals surface area contributed by atoms with Crippen LogP contribution >= 0.6 is 0 Å². The topological polar surface area (TPSA) is 124 Å². The first-order chi connectivity index (χ1) is 7.79. The highest BCUT2D eigenvalue weighted by atomic mass is 32.2. The maximum Gasteiger partial charge on any atom is 0.335 e. The Balaban J connectivity index is 3.58. The van der Waals surface area contributed by atoms with E-state index < -0.39 is 31.6 Å². The van der Waals surface area contributed by atoms with Gasteiger partial charge in [0.25, 0.3) is 5.69 Å². The molecule has 0 fully saturated rings. The van der Waals surface area contributed by atoms with Crippen LogP contribution in [-0.2, 0) is 14.3 Å². The van der Waals surface area contributed by atoms with E-state index in [1.54, 1.807) is 0 Å². The molecule has 0 aliphatic carbocycles. The van der Waals surface area contributed by atoms with Gasteiger partial charge in [0.1, 0.15) is 0 Å². The fourth-order valence-electron chi connectivity index (χ4n) is 1.09. The van der Waals surface area contributed by atoms with E-state index in [1.807, 2.05) is 0 Å². The lowest BCUT2D eigenvalue weighted by Gasteiger charge is -2.03. The fraction of sp³-hybridized carbons (Fsp3) is 0.125. The van der Waals surface area contributed by atoms with Crippen molar-refractivity contribution >= 4 is 21.8 Å². The number of rotatable bonds is 4. The Morgan fingerprint density at radius 3 is 2.47 bits per heavy atom. The van der Waals surface area contributed by atoms with E-state index >= 15 is 0 Å². The number of carbonyl (C=O) groups is 1. The minimum absolute atomic E-state index is 0.383. The van der Waals surface area contributed by atoms with Gasteiger partial charge in [-0.2, -0.15) is 8.42 Å². The Morgan fingerprint density at radius 1 is 1.47 bits per heavy atom. The van der Waals surface area contributed by atoms with Crippen molar-refractivity contribution in [3.8, 4) is 0 Å². The van der Waals surface area contributed by atoms with Crippen LogP contribution in [0.15, 0.2) is 23.1 Å². The molecule has 0 saturated carbocycles. The number of aromatic carboxylic acids is 1. The van der Waals surface area contributed by atoms with Crippen molar-refractivity contribution in [3.05, 3.63) is 33.9 Å². The van der Waals surface area contributed by atoms with Crippen LogP contribution in [0.1, 0.15) is 10.4 Å². The molecule has 0 aromatic heterocycles. The molecule has 0 aliphatic heterocycles. The van der Waals surface area contributed by atoms with Crippen LogP contribution < -0.4 is 0 Å². The van der Waals surface area contributed by atoms with Gasteiger partial charge >= 0.3 is 16.1 Å². The Kier molecular flexibility index (Phi) is 3.44. The van der Waals surface area contributed by atoms with Gasteiger partial charge < -0.3 is 5.11 Å². The second-order valence-electron chi connectivity index (χ2n) is 2.87. The molecule has 0 radical (unpaired) electrons. The van der Waals surface area contributed by atoms with Gasteiger partial charge in [0.05, 0.1) is 17.6 Å². The van der Waals surface area contributed by atoms with Crippen LogP contribution in [0.25, 0.3) is 0 Å². The maximum absolute atomic E-state index is 11.4. The summed E-state index contributed by atoms with van der Waals surface area (Å²) in [6, 6.07) is 2.42. The molecule has 8 nitrogen and oxygen atoms in total. The molecule has 0 saturated heterocycles. The lowest BCUT2D eigenvalue weighted by Crippen LogP contribution is -2.08. The molecule has 0 unspecified atom stereocenters. The second kappa shape index (κ2) is 4.47. The molecule has 0 atom stereocenters. The highest BCUT2D eigenvalue weighted by Crippen LogP contribution is 2.26. The standard InChI is InChI=1S/C8H7NO7S/c1-16-17(14,15)7-4-5(8(10)11)2-3-6(7)9(12)13/h2-4H,1H3,(H,10,11). The average molecular weight is 261 g/mol. The van der Waals surface area contributed by atoms with Crippen molar-refractivity contribution in [2.75, 3.05) is 7.11 Å². The van der Waals surface area contributed by atoms with Crippen molar-refractivity contribution in [1.29, 1.82) is 0 Å². The Hall–Kier alpha value is -2.00. The molecule has 1 aromatic carbocycles. The number of carboxylic acids is 1. The van der Waals surface area contributed by atoms with Crippen molar-refractivity contribution < 1.29 is 27.4 Å². The summed E-state index contributed by atoms with van der Waals surface area (Å²) in [5.74, 6) is -1.40. The average Bonchev–Trinajstić information content (AvgIpc) is 2.28. The number of hydrogen-bond donors (Lipinski definition) is 1. The molecule has 1 N–H and O–H groups in total. The molecule has 92 valence electrons. The highest BCUT2D eigenvalue weighted by molar-refractivity contribution is 7.86. The SMILES string of the molecule is COS(=O)(=O)c1cc(C(=O)O)ccc1[N+](=O)[O-]. The monoisotopic (exact) mass is 261 g/mol. The lowest BCUT2D eigenvalue weighted by molar-refractivity contribution is -0.387. The molecule has 0 heterocycles. The largest absolute Gasteiger partial charge is 0.478 e. The van der Waals surface area contributed by atoms with Gasteiger partial charge in [-0.05, 0) is 12.1 Å². The van der Waals surface area contributed by atoms with Gasteiger partial charge in [-0.1, -0.05) is 0 Å². The summed E-state index contributed by atoms with van der Waals surface area (Å²) in [5.41, 5.74) is -1.12. The van der Waals surface area contributed by atoms with Crippen LogP contribution in [0, 0.1) is 10.1 Å². The number of hydrogen-bond acceptors (Lipinski definition) is 6. The summed E-state index contributed by atoms with van der Waals surface area (Å²) in [5, 5.41) is 19.3. The summed E-state index contributed by atoms with van der Waals surface area (Å²) in [6.45, 7) is 0. The molecular formula is C8H7NO7S. The molecule has 17 heavy (non-hydrogen) atoms. The Morgan fingerprint density at radius 2 is 2.06 bits per heavy atom. The first kappa shape index (κ1) is 13.1. The third-order valence-electron chi connectivity index (χ3n) is 1.89. The summed E-state index contributed by atoms with van der Waals surface area (Å²) < 4.78 is 26.9. The van der Waals surface area contributed by atoms with E-state index in [0.717, 1.165) is 19.2 Å². The van der Waals surface area contributed by atoms with Crippen LogP contribution in [0.3, 0.4) is 0 Å². The van der Waals surface area contributed by atoms with E-state index in [1.165, 1.54) is 0 Å². The zero-order valence-electron chi connectivity index (χ0n) is 8.48. The third kappa shape index (κ3) is 2.57. The first-order valence-corrected chi connectivity index (χ1v) is 5.53. The summed E-state index contributed by atoms with van der Waals surface area (Å²) in [4.78, 5) is 19.5. The molecular weight excluding hydrogens is 254 g/mol. The van der Waals surface area contributed by atoms with Crippen molar-refractivity contribution in [2.45, 2.75) is 4.90 Å². The normalized spacial score (nSPS) is 11.1. The smallest absolute Gasteiger partial charge is 0.335 e. The van der Waals surface area contributed by atoms with Gasteiger partial charge in [-0.25, -0.2) is 4.79 Å². The van der Waals surface area contributed by atoms with E-state index in [2.05, 4.69) is 4.18 Å². The molecule has 0 bridgehead atoms. The maximum atomic E-state index is 11.4. The minimum Gasteiger partial charge on any atom is -0.478 e. The number of nitro benzene ring substituents is 1. The number of carboxylic acid groups (broad SMARTS) is 1. The van der Waals surface area contributed by atoms with E-state index in [-0.39, 0.29) is 5.56 Å². The Bertz CT molecular complexity index is 578. The molecule has 1 rings (SSSR count). The molecule has 1 aromatic rings. The van der Waals surface area contributed by atoms with Crippen molar-refractivity contribution in [1.82, 2.24) is 0 Å². The Labute approximate surface area is 95.7 Å². The summed E-state index contributed by atoms with van der Waals surface area (Å²) in [6.07, 6.45) is 0. The molecule has 0 spiro atoms. The number of nitrogens with zero attached hydrogens (tertiary/aromatic N) is 1. The number of benzene rings is 1. The van der Waals surface area contributed by atoms with Gasteiger partial charge in [-0.3, -0.25) is 14.3 Å².